The Labute approximate surface area is 154 Å². The zero-order valence-corrected chi connectivity index (χ0v) is 15.1. The summed E-state index contributed by atoms with van der Waals surface area (Å²) < 4.78 is 0. The predicted octanol–water partition coefficient (Wildman–Crippen LogP) is 4.22. The van der Waals surface area contributed by atoms with Gasteiger partial charge in [-0.25, -0.2) is 0 Å². The number of nitrogens with zero attached hydrogens (tertiary/aromatic N) is 3. The number of benzene rings is 1. The van der Waals surface area contributed by atoms with Gasteiger partial charge in [-0.05, 0) is 43.9 Å². The highest BCUT2D eigenvalue weighted by atomic mass is 15.0. The first-order chi connectivity index (χ1) is 12.7. The highest BCUT2D eigenvalue weighted by Gasteiger charge is 2.10. The van der Waals surface area contributed by atoms with Crippen LogP contribution in [0.3, 0.4) is 0 Å². The number of aromatic amines is 1. The summed E-state index contributed by atoms with van der Waals surface area (Å²) in [4.78, 5) is 9.93. The summed E-state index contributed by atoms with van der Waals surface area (Å²) in [6.45, 7) is 0.899. The third-order valence-corrected chi connectivity index (χ3v) is 4.17. The van der Waals surface area contributed by atoms with Crippen LogP contribution in [0.4, 0.5) is 0 Å². The van der Waals surface area contributed by atoms with Gasteiger partial charge >= 0.3 is 0 Å². The normalized spacial score (nSPS) is 11.2. The van der Waals surface area contributed by atoms with Gasteiger partial charge in [0.2, 0.25) is 0 Å². The van der Waals surface area contributed by atoms with Gasteiger partial charge in [-0.2, -0.15) is 5.26 Å². The molecule has 0 spiro atoms. The van der Waals surface area contributed by atoms with Crippen LogP contribution < -0.4 is 0 Å². The Morgan fingerprint density at radius 3 is 2.65 bits per heavy atom. The Morgan fingerprint density at radius 1 is 1.12 bits per heavy atom. The van der Waals surface area contributed by atoms with Gasteiger partial charge in [0, 0.05) is 36.1 Å². The number of pyridine rings is 1. The van der Waals surface area contributed by atoms with Gasteiger partial charge in [0.1, 0.15) is 6.07 Å². The molecule has 1 N–H and O–H groups in total. The molecule has 0 aliphatic heterocycles. The van der Waals surface area contributed by atoms with Crippen molar-refractivity contribution in [2.24, 2.45) is 0 Å². The number of hydrogen-bond acceptors (Lipinski definition) is 3. The van der Waals surface area contributed by atoms with Crippen molar-refractivity contribution in [1.82, 2.24) is 14.9 Å². The lowest BCUT2D eigenvalue weighted by atomic mass is 10.1. The van der Waals surface area contributed by atoms with Crippen molar-refractivity contribution < 1.29 is 0 Å². The van der Waals surface area contributed by atoms with E-state index >= 15 is 0 Å². The lowest BCUT2D eigenvalue weighted by molar-refractivity contribution is 0.412. The molecule has 0 saturated heterocycles. The standard InChI is InChI=1S/C22H22N4/c1-26(2)13-11-21-19(16-23)15-22(25-21)18-10-12-24-20(14-18)9-8-17-6-4-3-5-7-17/h3-10,12,14-15,25H,11,13H2,1-2H3/b9-8+. The average Bonchev–Trinajstić information content (AvgIpc) is 3.09. The molecule has 2 heterocycles. The largest absolute Gasteiger partial charge is 0.357 e. The van der Waals surface area contributed by atoms with Gasteiger partial charge < -0.3 is 9.88 Å². The van der Waals surface area contributed by atoms with Crippen LogP contribution in [0.2, 0.25) is 0 Å². The Balaban J connectivity index is 1.84. The zero-order valence-electron chi connectivity index (χ0n) is 15.1. The van der Waals surface area contributed by atoms with Gasteiger partial charge in [0.25, 0.3) is 0 Å². The molecule has 0 atom stereocenters. The van der Waals surface area contributed by atoms with Crippen molar-refractivity contribution in [3.63, 3.8) is 0 Å². The topological polar surface area (TPSA) is 55.7 Å². The molecule has 0 aliphatic rings. The monoisotopic (exact) mass is 342 g/mol. The molecule has 130 valence electrons. The fraction of sp³-hybridized carbons (Fsp3) is 0.182. The van der Waals surface area contributed by atoms with E-state index in [2.05, 4.69) is 33.1 Å². The minimum atomic E-state index is 0.708. The van der Waals surface area contributed by atoms with E-state index < -0.39 is 0 Å². The minimum Gasteiger partial charge on any atom is -0.357 e. The second-order valence-electron chi connectivity index (χ2n) is 6.45. The van der Waals surface area contributed by atoms with E-state index in [1.165, 1.54) is 0 Å². The lowest BCUT2D eigenvalue weighted by Gasteiger charge is -2.08. The van der Waals surface area contributed by atoms with Crippen LogP contribution in [0, 0.1) is 11.3 Å². The Bertz CT molecular complexity index is 930. The molecule has 4 heteroatoms. The van der Waals surface area contributed by atoms with E-state index in [4.69, 9.17) is 0 Å². The van der Waals surface area contributed by atoms with Crippen molar-refractivity contribution in [2.75, 3.05) is 20.6 Å². The van der Waals surface area contributed by atoms with Crippen LogP contribution in [0.25, 0.3) is 23.4 Å². The minimum absolute atomic E-state index is 0.708. The third-order valence-electron chi connectivity index (χ3n) is 4.17. The van der Waals surface area contributed by atoms with Gasteiger partial charge in [-0.3, -0.25) is 4.98 Å². The molecule has 0 saturated carbocycles. The molecule has 0 unspecified atom stereocenters. The third kappa shape index (κ3) is 4.47. The molecule has 0 amide bonds. The summed E-state index contributed by atoms with van der Waals surface area (Å²) in [7, 11) is 4.06. The highest BCUT2D eigenvalue weighted by molar-refractivity contribution is 5.71. The van der Waals surface area contributed by atoms with E-state index in [-0.39, 0.29) is 0 Å². The summed E-state index contributed by atoms with van der Waals surface area (Å²) in [5, 5.41) is 9.40. The fourth-order valence-corrected chi connectivity index (χ4v) is 2.74. The number of rotatable bonds is 6. The molecular formula is C22H22N4. The summed E-state index contributed by atoms with van der Waals surface area (Å²) in [5.41, 5.74) is 5.69. The molecule has 0 aliphatic carbocycles. The molecule has 0 bridgehead atoms. The highest BCUT2D eigenvalue weighted by Crippen LogP contribution is 2.23. The Kier molecular flexibility index (Phi) is 5.62. The molecule has 3 aromatic rings. The maximum atomic E-state index is 9.40. The molecule has 4 nitrogen and oxygen atoms in total. The second-order valence-corrected chi connectivity index (χ2v) is 6.45. The van der Waals surface area contributed by atoms with Crippen LogP contribution >= 0.6 is 0 Å². The summed E-state index contributed by atoms with van der Waals surface area (Å²) in [6, 6.07) is 18.4. The van der Waals surface area contributed by atoms with Crippen molar-refractivity contribution >= 4 is 12.2 Å². The van der Waals surface area contributed by atoms with Crippen LogP contribution in [0.15, 0.2) is 54.7 Å². The van der Waals surface area contributed by atoms with Crippen LogP contribution in [-0.4, -0.2) is 35.5 Å². The number of hydrogen-bond donors (Lipinski definition) is 1. The first-order valence-electron chi connectivity index (χ1n) is 8.62. The van der Waals surface area contributed by atoms with E-state index in [0.717, 1.165) is 41.2 Å². The number of likely N-dealkylation sites (N-methyl/N-ethyl adjacent to an activating group) is 1. The quantitative estimate of drug-likeness (QED) is 0.729. The van der Waals surface area contributed by atoms with E-state index in [1.807, 2.05) is 62.6 Å². The predicted molar refractivity (Wildman–Crippen MR) is 106 cm³/mol. The smallest absolute Gasteiger partial charge is 0.101 e. The van der Waals surface area contributed by atoms with E-state index in [1.54, 1.807) is 6.20 Å². The maximum Gasteiger partial charge on any atom is 0.101 e. The molecule has 26 heavy (non-hydrogen) atoms. The molecule has 0 fully saturated rings. The average molecular weight is 342 g/mol. The zero-order chi connectivity index (χ0) is 18.4. The summed E-state index contributed by atoms with van der Waals surface area (Å²) >= 11 is 0. The van der Waals surface area contributed by atoms with Crippen LogP contribution in [-0.2, 0) is 6.42 Å². The molecule has 3 rings (SSSR count). The lowest BCUT2D eigenvalue weighted by Crippen LogP contribution is -2.15. The Hall–Kier alpha value is -3.16. The fourth-order valence-electron chi connectivity index (χ4n) is 2.74. The SMILES string of the molecule is CN(C)CCc1[nH]c(-c2ccnc(/C=C/c3ccccc3)c2)cc1C#N. The van der Waals surface area contributed by atoms with Crippen LogP contribution in [0.5, 0.6) is 0 Å². The number of nitrogens with one attached hydrogen (secondary N) is 1. The maximum absolute atomic E-state index is 9.40. The van der Waals surface area contributed by atoms with E-state index in [9.17, 15) is 5.26 Å². The number of nitriles is 1. The van der Waals surface area contributed by atoms with Crippen molar-refractivity contribution in [2.45, 2.75) is 6.42 Å². The molecule has 1 aromatic carbocycles. The van der Waals surface area contributed by atoms with Gasteiger partial charge in [0.15, 0.2) is 0 Å². The van der Waals surface area contributed by atoms with E-state index in [0.29, 0.717) is 5.56 Å². The molecule has 0 radical (unpaired) electrons. The number of aromatic nitrogens is 2. The van der Waals surface area contributed by atoms with Gasteiger partial charge in [-0.15, -0.1) is 0 Å². The Morgan fingerprint density at radius 2 is 1.92 bits per heavy atom. The second kappa shape index (κ2) is 8.28. The van der Waals surface area contributed by atoms with Crippen molar-refractivity contribution in [3.8, 4) is 17.3 Å². The molecular weight excluding hydrogens is 320 g/mol. The first-order valence-corrected chi connectivity index (χ1v) is 8.62. The van der Waals surface area contributed by atoms with Crippen molar-refractivity contribution in [3.05, 3.63) is 77.2 Å². The van der Waals surface area contributed by atoms with Crippen molar-refractivity contribution in [1.29, 1.82) is 5.26 Å². The van der Waals surface area contributed by atoms with Gasteiger partial charge in [0.05, 0.1) is 11.3 Å². The summed E-state index contributed by atoms with van der Waals surface area (Å²) in [6.07, 6.45) is 6.66. The molecule has 2 aromatic heterocycles. The van der Waals surface area contributed by atoms with Crippen LogP contribution in [0.1, 0.15) is 22.5 Å². The van der Waals surface area contributed by atoms with Gasteiger partial charge in [-0.1, -0.05) is 36.4 Å². The number of H-pyrrole nitrogens is 1. The first kappa shape index (κ1) is 17.7. The summed E-state index contributed by atoms with van der Waals surface area (Å²) in [5.74, 6) is 0.